The first-order valence-electron chi connectivity index (χ1n) is 5.85. The summed E-state index contributed by atoms with van der Waals surface area (Å²) in [6.45, 7) is 4.42. The van der Waals surface area contributed by atoms with Gasteiger partial charge in [-0.3, -0.25) is 9.59 Å². The molecule has 0 atom stereocenters. The van der Waals surface area contributed by atoms with Crippen molar-refractivity contribution in [2.45, 2.75) is 26.2 Å². The lowest BCUT2D eigenvalue weighted by atomic mass is 10.2. The van der Waals surface area contributed by atoms with Gasteiger partial charge in [0.25, 0.3) is 0 Å². The van der Waals surface area contributed by atoms with Crippen molar-refractivity contribution in [1.29, 1.82) is 0 Å². The van der Waals surface area contributed by atoms with Gasteiger partial charge < -0.3 is 14.9 Å². The van der Waals surface area contributed by atoms with Gasteiger partial charge in [-0.2, -0.15) is 0 Å². The summed E-state index contributed by atoms with van der Waals surface area (Å²) in [6.07, 6.45) is 1.45. The number of piperazine rings is 1. The Balaban J connectivity index is 2.31. The molecule has 1 heterocycles. The molecule has 0 spiro atoms. The van der Waals surface area contributed by atoms with Gasteiger partial charge in [0.1, 0.15) is 0 Å². The Morgan fingerprint density at radius 3 is 2.00 bits per heavy atom. The van der Waals surface area contributed by atoms with Crippen molar-refractivity contribution >= 4 is 11.8 Å². The van der Waals surface area contributed by atoms with Crippen molar-refractivity contribution in [1.82, 2.24) is 9.80 Å². The third-order valence-electron chi connectivity index (χ3n) is 2.84. The SMILES string of the molecule is CCC(=O)N1CCN(C(=O)CCCO)CC1. The van der Waals surface area contributed by atoms with E-state index in [0.717, 1.165) is 0 Å². The maximum absolute atomic E-state index is 11.6. The van der Waals surface area contributed by atoms with E-state index in [9.17, 15) is 9.59 Å². The summed E-state index contributed by atoms with van der Waals surface area (Å²) in [5.41, 5.74) is 0. The number of hydrogen-bond donors (Lipinski definition) is 1. The summed E-state index contributed by atoms with van der Waals surface area (Å²) < 4.78 is 0. The highest BCUT2D eigenvalue weighted by atomic mass is 16.3. The molecule has 5 heteroatoms. The zero-order chi connectivity index (χ0) is 12.0. The van der Waals surface area contributed by atoms with Crippen molar-refractivity contribution < 1.29 is 14.7 Å². The summed E-state index contributed by atoms with van der Waals surface area (Å²) >= 11 is 0. The van der Waals surface area contributed by atoms with E-state index in [4.69, 9.17) is 5.11 Å². The molecular formula is C11H20N2O3. The Labute approximate surface area is 96.0 Å². The van der Waals surface area contributed by atoms with Gasteiger partial charge >= 0.3 is 0 Å². The van der Waals surface area contributed by atoms with E-state index < -0.39 is 0 Å². The molecule has 0 aromatic heterocycles. The number of hydrogen-bond acceptors (Lipinski definition) is 3. The van der Waals surface area contributed by atoms with Crippen molar-refractivity contribution in [3.63, 3.8) is 0 Å². The minimum atomic E-state index is 0.0556. The molecule has 0 saturated carbocycles. The van der Waals surface area contributed by atoms with E-state index in [1.54, 1.807) is 9.80 Å². The fourth-order valence-corrected chi connectivity index (χ4v) is 1.82. The number of aliphatic hydroxyl groups is 1. The topological polar surface area (TPSA) is 60.9 Å². The van der Waals surface area contributed by atoms with Gasteiger partial charge in [-0.1, -0.05) is 6.92 Å². The van der Waals surface area contributed by atoms with Crippen molar-refractivity contribution in [3.8, 4) is 0 Å². The van der Waals surface area contributed by atoms with Gasteiger partial charge in [0.05, 0.1) is 0 Å². The van der Waals surface area contributed by atoms with Gasteiger partial charge in [-0.15, -0.1) is 0 Å². The van der Waals surface area contributed by atoms with Crippen molar-refractivity contribution in [2.75, 3.05) is 32.8 Å². The standard InChI is InChI=1S/C11H20N2O3/c1-2-10(15)12-5-7-13(8-6-12)11(16)4-3-9-14/h14H,2-9H2,1H3. The predicted octanol–water partition coefficient (Wildman–Crippen LogP) is -0.160. The Morgan fingerprint density at radius 1 is 1.06 bits per heavy atom. The number of carbonyl (C=O) groups is 2. The summed E-state index contributed by atoms with van der Waals surface area (Å²) in [5.74, 6) is 0.236. The molecule has 0 aromatic rings. The Hall–Kier alpha value is -1.10. The first kappa shape index (κ1) is 13.0. The van der Waals surface area contributed by atoms with Crippen LogP contribution in [0.1, 0.15) is 26.2 Å². The highest BCUT2D eigenvalue weighted by Crippen LogP contribution is 2.06. The Bertz CT molecular complexity index is 248. The van der Waals surface area contributed by atoms with Crippen LogP contribution in [0.15, 0.2) is 0 Å². The van der Waals surface area contributed by atoms with E-state index in [0.29, 0.717) is 45.4 Å². The summed E-state index contributed by atoms with van der Waals surface area (Å²) in [5, 5.41) is 8.64. The number of carbonyl (C=O) groups excluding carboxylic acids is 2. The zero-order valence-electron chi connectivity index (χ0n) is 9.81. The molecule has 1 rings (SSSR count). The molecule has 0 unspecified atom stereocenters. The fraction of sp³-hybridized carbons (Fsp3) is 0.818. The number of nitrogens with zero attached hydrogens (tertiary/aromatic N) is 2. The molecule has 0 bridgehead atoms. The van der Waals surface area contributed by atoms with E-state index in [1.807, 2.05) is 6.92 Å². The number of aliphatic hydroxyl groups excluding tert-OH is 1. The van der Waals surface area contributed by atoms with E-state index >= 15 is 0 Å². The van der Waals surface area contributed by atoms with Crippen LogP contribution in [-0.4, -0.2) is 59.5 Å². The normalized spacial score (nSPS) is 16.4. The minimum Gasteiger partial charge on any atom is -0.396 e. The van der Waals surface area contributed by atoms with Crippen LogP contribution >= 0.6 is 0 Å². The van der Waals surface area contributed by atoms with Gasteiger partial charge in [-0.25, -0.2) is 0 Å². The van der Waals surface area contributed by atoms with E-state index in [2.05, 4.69) is 0 Å². The molecule has 1 aliphatic heterocycles. The highest BCUT2D eigenvalue weighted by Gasteiger charge is 2.22. The molecule has 1 fully saturated rings. The van der Waals surface area contributed by atoms with E-state index in [1.165, 1.54) is 0 Å². The maximum Gasteiger partial charge on any atom is 0.222 e. The van der Waals surface area contributed by atoms with Crippen LogP contribution in [0.5, 0.6) is 0 Å². The molecule has 0 radical (unpaired) electrons. The number of rotatable bonds is 4. The molecule has 5 nitrogen and oxygen atoms in total. The van der Waals surface area contributed by atoms with Gasteiger partial charge in [0.2, 0.25) is 11.8 Å². The molecule has 1 N–H and O–H groups in total. The lowest BCUT2D eigenvalue weighted by Crippen LogP contribution is -2.50. The second-order valence-corrected chi connectivity index (χ2v) is 3.94. The van der Waals surface area contributed by atoms with Crippen molar-refractivity contribution in [3.05, 3.63) is 0 Å². The lowest BCUT2D eigenvalue weighted by Gasteiger charge is -2.34. The monoisotopic (exact) mass is 228 g/mol. The van der Waals surface area contributed by atoms with Crippen molar-refractivity contribution in [2.24, 2.45) is 0 Å². The van der Waals surface area contributed by atoms with Crippen LogP contribution < -0.4 is 0 Å². The largest absolute Gasteiger partial charge is 0.396 e. The van der Waals surface area contributed by atoms with Crippen LogP contribution in [0.3, 0.4) is 0 Å². The molecule has 2 amide bonds. The molecule has 1 aliphatic rings. The maximum atomic E-state index is 11.6. The van der Waals surface area contributed by atoms with E-state index in [-0.39, 0.29) is 18.4 Å². The van der Waals surface area contributed by atoms with Gasteiger partial charge in [0, 0.05) is 45.6 Å². The average molecular weight is 228 g/mol. The summed E-state index contributed by atoms with van der Waals surface area (Å²) in [6, 6.07) is 0. The minimum absolute atomic E-state index is 0.0556. The molecule has 92 valence electrons. The van der Waals surface area contributed by atoms with Gasteiger partial charge in [-0.05, 0) is 6.42 Å². The Morgan fingerprint density at radius 2 is 1.56 bits per heavy atom. The molecule has 1 saturated heterocycles. The first-order valence-corrected chi connectivity index (χ1v) is 5.85. The number of amides is 2. The molecular weight excluding hydrogens is 208 g/mol. The second-order valence-electron chi connectivity index (χ2n) is 3.94. The lowest BCUT2D eigenvalue weighted by molar-refractivity contribution is -0.139. The third-order valence-corrected chi connectivity index (χ3v) is 2.84. The molecule has 16 heavy (non-hydrogen) atoms. The van der Waals surface area contributed by atoms with Crippen LogP contribution in [-0.2, 0) is 9.59 Å². The Kier molecular flexibility index (Phi) is 5.25. The summed E-state index contributed by atoms with van der Waals surface area (Å²) in [4.78, 5) is 26.6. The summed E-state index contributed by atoms with van der Waals surface area (Å²) in [7, 11) is 0. The smallest absolute Gasteiger partial charge is 0.222 e. The quantitative estimate of drug-likeness (QED) is 0.727. The van der Waals surface area contributed by atoms with Crippen LogP contribution in [0.4, 0.5) is 0 Å². The molecule has 0 aromatic carbocycles. The zero-order valence-corrected chi connectivity index (χ0v) is 9.81. The predicted molar refractivity (Wildman–Crippen MR) is 59.8 cm³/mol. The van der Waals surface area contributed by atoms with Gasteiger partial charge in [0.15, 0.2) is 0 Å². The molecule has 0 aliphatic carbocycles. The van der Waals surface area contributed by atoms with Crippen LogP contribution in [0.2, 0.25) is 0 Å². The third kappa shape index (κ3) is 3.48. The average Bonchev–Trinajstić information content (AvgIpc) is 2.35. The highest BCUT2D eigenvalue weighted by molar-refractivity contribution is 5.78. The van der Waals surface area contributed by atoms with Crippen LogP contribution in [0.25, 0.3) is 0 Å². The fourth-order valence-electron chi connectivity index (χ4n) is 1.82. The van der Waals surface area contributed by atoms with Crippen LogP contribution in [0, 0.1) is 0 Å². The second kappa shape index (κ2) is 6.48. The first-order chi connectivity index (χ1) is 7.69.